The number of aliphatic hydroxyl groups excluding tert-OH is 1. The van der Waals surface area contributed by atoms with Gasteiger partial charge >= 0.3 is 0 Å². The van der Waals surface area contributed by atoms with Crippen molar-refractivity contribution in [1.82, 2.24) is 4.98 Å². The molecule has 1 aromatic heterocycles. The van der Waals surface area contributed by atoms with Gasteiger partial charge in [-0.25, -0.2) is 4.98 Å². The number of thiazole rings is 1. The van der Waals surface area contributed by atoms with Crippen LogP contribution >= 0.6 is 11.3 Å². The van der Waals surface area contributed by atoms with Crippen molar-refractivity contribution < 1.29 is 14.6 Å². The van der Waals surface area contributed by atoms with E-state index in [1.165, 1.54) is 0 Å². The first kappa shape index (κ1) is 12.3. The summed E-state index contributed by atoms with van der Waals surface area (Å²) in [6.07, 6.45) is 1.69. The molecular weight excluding hydrogens is 252 g/mol. The largest absolute Gasteiger partial charge is 0.396 e. The number of hydrogen-bond acceptors (Lipinski definition) is 6. The van der Waals surface area contributed by atoms with Crippen molar-refractivity contribution >= 4 is 16.5 Å². The number of hydrogen-bond donors (Lipinski definition) is 1. The van der Waals surface area contributed by atoms with E-state index in [-0.39, 0.29) is 12.6 Å². The number of anilines is 1. The summed E-state index contributed by atoms with van der Waals surface area (Å²) < 4.78 is 10.9. The molecular formula is C12H18N2O3S. The maximum atomic E-state index is 9.12. The molecule has 18 heavy (non-hydrogen) atoms. The van der Waals surface area contributed by atoms with Gasteiger partial charge < -0.3 is 19.5 Å². The van der Waals surface area contributed by atoms with Crippen molar-refractivity contribution in [2.75, 3.05) is 24.6 Å². The summed E-state index contributed by atoms with van der Waals surface area (Å²) in [6, 6.07) is 0. The van der Waals surface area contributed by atoms with E-state index in [4.69, 9.17) is 14.6 Å². The first-order chi connectivity index (χ1) is 8.76. The average Bonchev–Trinajstić information content (AvgIpc) is 2.84. The lowest BCUT2D eigenvalue weighted by Gasteiger charge is -2.33. The van der Waals surface area contributed by atoms with Gasteiger partial charge in [0, 0.05) is 25.1 Å². The van der Waals surface area contributed by atoms with Crippen LogP contribution in [-0.4, -0.2) is 36.1 Å². The van der Waals surface area contributed by atoms with Crippen LogP contribution in [0.2, 0.25) is 0 Å². The number of piperidine rings is 1. The number of aromatic nitrogens is 1. The molecule has 0 spiro atoms. The lowest BCUT2D eigenvalue weighted by Crippen LogP contribution is -2.35. The highest BCUT2D eigenvalue weighted by Crippen LogP contribution is 2.34. The van der Waals surface area contributed by atoms with Gasteiger partial charge in [0.05, 0.1) is 0 Å². The maximum absolute atomic E-state index is 9.12. The van der Waals surface area contributed by atoms with Crippen LogP contribution in [0.1, 0.15) is 31.7 Å². The fourth-order valence-electron chi connectivity index (χ4n) is 2.33. The van der Waals surface area contributed by atoms with Gasteiger partial charge in [-0.3, -0.25) is 0 Å². The first-order valence-corrected chi connectivity index (χ1v) is 7.26. The Kier molecular flexibility index (Phi) is 3.52. The number of aliphatic hydroxyl groups is 1. The second kappa shape index (κ2) is 5.13. The van der Waals surface area contributed by atoms with Crippen LogP contribution in [0.15, 0.2) is 5.38 Å². The predicted molar refractivity (Wildman–Crippen MR) is 68.5 cm³/mol. The monoisotopic (exact) mass is 270 g/mol. The van der Waals surface area contributed by atoms with E-state index in [2.05, 4.69) is 9.88 Å². The Labute approximate surface area is 110 Å². The maximum Gasteiger partial charge on any atom is 0.207 e. The SMILES string of the molecule is CC1OC(c2csc(N3CCC(CO)CC3)n2)O1. The molecule has 2 aliphatic rings. The lowest BCUT2D eigenvalue weighted by molar-refractivity contribution is -0.383. The minimum Gasteiger partial charge on any atom is -0.396 e. The number of rotatable bonds is 3. The molecule has 2 saturated heterocycles. The highest BCUT2D eigenvalue weighted by atomic mass is 32.1. The van der Waals surface area contributed by atoms with E-state index in [9.17, 15) is 0 Å². The van der Waals surface area contributed by atoms with Gasteiger partial charge in [0.2, 0.25) is 6.29 Å². The third-order valence-corrected chi connectivity index (χ3v) is 4.44. The molecule has 3 rings (SSSR count). The summed E-state index contributed by atoms with van der Waals surface area (Å²) >= 11 is 1.64. The summed E-state index contributed by atoms with van der Waals surface area (Å²) in [4.78, 5) is 6.85. The van der Waals surface area contributed by atoms with E-state index in [1.54, 1.807) is 11.3 Å². The quantitative estimate of drug-likeness (QED) is 0.906. The Morgan fingerprint density at radius 2 is 2.17 bits per heavy atom. The van der Waals surface area contributed by atoms with Crippen LogP contribution in [0.5, 0.6) is 0 Å². The third kappa shape index (κ3) is 2.38. The molecule has 5 nitrogen and oxygen atoms in total. The van der Waals surface area contributed by atoms with Crippen LogP contribution in [0.4, 0.5) is 5.13 Å². The van der Waals surface area contributed by atoms with Crippen molar-refractivity contribution in [3.05, 3.63) is 11.1 Å². The molecule has 0 aromatic carbocycles. The Bertz CT molecular complexity index is 398. The molecule has 100 valence electrons. The van der Waals surface area contributed by atoms with Crippen LogP contribution in [-0.2, 0) is 9.47 Å². The van der Waals surface area contributed by atoms with Crippen LogP contribution in [0.3, 0.4) is 0 Å². The van der Waals surface area contributed by atoms with Crippen molar-refractivity contribution in [3.8, 4) is 0 Å². The molecule has 0 atom stereocenters. The average molecular weight is 270 g/mol. The van der Waals surface area contributed by atoms with Gasteiger partial charge in [-0.15, -0.1) is 11.3 Å². The Morgan fingerprint density at radius 1 is 1.44 bits per heavy atom. The molecule has 0 saturated carbocycles. The molecule has 0 bridgehead atoms. The zero-order valence-electron chi connectivity index (χ0n) is 10.4. The van der Waals surface area contributed by atoms with Gasteiger partial charge in [-0.2, -0.15) is 0 Å². The standard InChI is InChI=1S/C12H18N2O3S/c1-8-16-11(17-8)10-7-18-12(13-10)14-4-2-9(6-15)3-5-14/h7-9,11,15H,2-6H2,1H3. The third-order valence-electron chi connectivity index (χ3n) is 3.53. The van der Waals surface area contributed by atoms with Crippen LogP contribution in [0.25, 0.3) is 0 Å². The lowest BCUT2D eigenvalue weighted by atomic mass is 9.98. The second-order valence-corrected chi connectivity index (χ2v) is 5.68. The van der Waals surface area contributed by atoms with Gasteiger partial charge in [-0.05, 0) is 25.7 Å². The summed E-state index contributed by atoms with van der Waals surface area (Å²) in [7, 11) is 0. The summed E-state index contributed by atoms with van der Waals surface area (Å²) in [5.41, 5.74) is 0.873. The Morgan fingerprint density at radius 3 is 2.78 bits per heavy atom. The molecule has 6 heteroatoms. The number of nitrogens with zero attached hydrogens (tertiary/aromatic N) is 2. The number of ether oxygens (including phenoxy) is 2. The first-order valence-electron chi connectivity index (χ1n) is 6.38. The van der Waals surface area contributed by atoms with Crippen LogP contribution in [0, 0.1) is 5.92 Å². The van der Waals surface area contributed by atoms with Crippen molar-refractivity contribution in [1.29, 1.82) is 0 Å². The summed E-state index contributed by atoms with van der Waals surface area (Å²) in [5.74, 6) is 0.458. The predicted octanol–water partition coefficient (Wildman–Crippen LogP) is 1.74. The van der Waals surface area contributed by atoms with E-state index in [0.29, 0.717) is 12.5 Å². The van der Waals surface area contributed by atoms with Gasteiger partial charge in [0.15, 0.2) is 11.4 Å². The van der Waals surface area contributed by atoms with Crippen molar-refractivity contribution in [3.63, 3.8) is 0 Å². The van der Waals surface area contributed by atoms with Gasteiger partial charge in [0.1, 0.15) is 5.69 Å². The molecule has 2 fully saturated rings. The van der Waals surface area contributed by atoms with E-state index in [1.807, 2.05) is 12.3 Å². The normalized spacial score (nSPS) is 29.3. The van der Waals surface area contributed by atoms with Crippen LogP contribution < -0.4 is 4.90 Å². The van der Waals surface area contributed by atoms with E-state index >= 15 is 0 Å². The molecule has 0 aliphatic carbocycles. The minimum atomic E-state index is -0.278. The van der Waals surface area contributed by atoms with E-state index in [0.717, 1.165) is 36.8 Å². The van der Waals surface area contributed by atoms with Gasteiger partial charge in [-0.1, -0.05) is 0 Å². The Balaban J connectivity index is 1.60. The highest BCUT2D eigenvalue weighted by molar-refractivity contribution is 7.13. The highest BCUT2D eigenvalue weighted by Gasteiger charge is 2.31. The molecule has 1 N–H and O–H groups in total. The molecule has 0 unspecified atom stereocenters. The Hall–Kier alpha value is -0.690. The van der Waals surface area contributed by atoms with Crippen molar-refractivity contribution in [2.24, 2.45) is 5.92 Å². The summed E-state index contributed by atoms with van der Waals surface area (Å²) in [6.45, 7) is 4.13. The van der Waals surface area contributed by atoms with Gasteiger partial charge in [0.25, 0.3) is 0 Å². The van der Waals surface area contributed by atoms with Crippen molar-refractivity contribution in [2.45, 2.75) is 32.3 Å². The molecule has 0 amide bonds. The minimum absolute atomic E-state index is 0.111. The fourth-order valence-corrected chi connectivity index (χ4v) is 3.21. The smallest absolute Gasteiger partial charge is 0.207 e. The molecule has 0 radical (unpaired) electrons. The molecule has 1 aromatic rings. The van der Waals surface area contributed by atoms with E-state index < -0.39 is 0 Å². The zero-order valence-corrected chi connectivity index (χ0v) is 11.2. The fraction of sp³-hybridized carbons (Fsp3) is 0.750. The zero-order chi connectivity index (χ0) is 12.5. The molecule has 2 aliphatic heterocycles. The second-order valence-electron chi connectivity index (χ2n) is 4.84. The molecule has 3 heterocycles. The topological polar surface area (TPSA) is 54.8 Å². The summed E-state index contributed by atoms with van der Waals surface area (Å²) in [5, 5.41) is 12.2.